The molecule has 0 aromatic heterocycles. The molecule has 0 atom stereocenters. The third-order valence-electron chi connectivity index (χ3n) is 5.24. The molecule has 1 saturated heterocycles. The number of amidine groups is 1. The van der Waals surface area contributed by atoms with Gasteiger partial charge in [-0.05, 0) is 80.1 Å². The summed E-state index contributed by atoms with van der Waals surface area (Å²) in [7, 11) is 0. The van der Waals surface area contributed by atoms with Gasteiger partial charge in [-0.25, -0.2) is 0 Å². The lowest BCUT2D eigenvalue weighted by molar-refractivity contribution is -0.123. The second kappa shape index (κ2) is 10.1. The summed E-state index contributed by atoms with van der Waals surface area (Å²) in [4.78, 5) is 20.3. The lowest BCUT2D eigenvalue weighted by atomic mass is 10.1. The molecular weight excluding hydrogens is 496 g/mol. The third kappa shape index (κ3) is 5.33. The fourth-order valence-corrected chi connectivity index (χ4v) is 5.33. The average molecular weight is 523 g/mol. The van der Waals surface area contributed by atoms with Crippen LogP contribution in [-0.2, 0) is 11.4 Å². The van der Waals surface area contributed by atoms with Crippen LogP contribution in [0, 0.1) is 0 Å². The molecule has 1 heterocycles. The summed E-state index contributed by atoms with van der Waals surface area (Å²) >= 11 is 4.98. The molecular formula is C27H27BrN2O2S. The van der Waals surface area contributed by atoms with E-state index in [-0.39, 0.29) is 18.0 Å². The maximum atomic E-state index is 13.2. The number of carbonyl (C=O) groups is 1. The Balaban J connectivity index is 1.65. The lowest BCUT2D eigenvalue weighted by Crippen LogP contribution is -2.35. The first kappa shape index (κ1) is 23.6. The highest BCUT2D eigenvalue weighted by Gasteiger charge is 2.35. The summed E-state index contributed by atoms with van der Waals surface area (Å²) < 4.78 is 7.20. The Morgan fingerprint density at radius 3 is 2.58 bits per heavy atom. The second-order valence-electron chi connectivity index (χ2n) is 8.49. The molecule has 1 aliphatic heterocycles. The maximum absolute atomic E-state index is 13.2. The number of nitrogens with zero attached hydrogens (tertiary/aromatic N) is 2. The van der Waals surface area contributed by atoms with Gasteiger partial charge in [0.15, 0.2) is 5.17 Å². The van der Waals surface area contributed by atoms with Crippen LogP contribution in [0.4, 0.5) is 0 Å². The molecule has 1 fully saturated rings. The molecule has 170 valence electrons. The minimum Gasteiger partial charge on any atom is -0.488 e. The Morgan fingerprint density at radius 1 is 1.06 bits per heavy atom. The van der Waals surface area contributed by atoms with Crippen molar-refractivity contribution in [3.8, 4) is 5.75 Å². The van der Waals surface area contributed by atoms with Gasteiger partial charge in [0, 0.05) is 22.1 Å². The van der Waals surface area contributed by atoms with E-state index in [0.29, 0.717) is 11.5 Å². The molecule has 0 bridgehead atoms. The van der Waals surface area contributed by atoms with E-state index in [1.165, 1.54) is 22.5 Å². The van der Waals surface area contributed by atoms with E-state index in [2.05, 4.69) is 51.3 Å². The maximum Gasteiger partial charge on any atom is 0.266 e. The summed E-state index contributed by atoms with van der Waals surface area (Å²) in [5.74, 6) is 0.715. The number of rotatable bonds is 6. The van der Waals surface area contributed by atoms with E-state index in [0.717, 1.165) is 26.5 Å². The Kier molecular flexibility index (Phi) is 7.25. The molecule has 1 aliphatic rings. The predicted octanol–water partition coefficient (Wildman–Crippen LogP) is 7.27. The van der Waals surface area contributed by atoms with Gasteiger partial charge in [0.05, 0.1) is 4.91 Å². The summed E-state index contributed by atoms with van der Waals surface area (Å²) in [6.45, 7) is 8.50. The van der Waals surface area contributed by atoms with Crippen LogP contribution in [0.1, 0.15) is 38.8 Å². The topological polar surface area (TPSA) is 41.9 Å². The molecule has 0 unspecified atom stereocenters. The predicted molar refractivity (Wildman–Crippen MR) is 143 cm³/mol. The van der Waals surface area contributed by atoms with Crippen LogP contribution >= 0.6 is 27.7 Å². The first-order chi connectivity index (χ1) is 15.8. The Hall–Kier alpha value is -2.57. The SMILES string of the molecule is CC(C)N=C1S/C(=C/c2cc(Br)ccc2OCc2cccc3ccccc23)C(=O)N1C(C)C. The van der Waals surface area contributed by atoms with Gasteiger partial charge >= 0.3 is 0 Å². The van der Waals surface area contributed by atoms with E-state index in [9.17, 15) is 4.79 Å². The van der Waals surface area contributed by atoms with Crippen molar-refractivity contribution >= 4 is 55.6 Å². The molecule has 1 amide bonds. The van der Waals surface area contributed by atoms with Crippen LogP contribution in [-0.4, -0.2) is 28.1 Å². The van der Waals surface area contributed by atoms with Crippen LogP contribution in [0.5, 0.6) is 5.75 Å². The fraction of sp³-hybridized carbons (Fsp3) is 0.259. The van der Waals surface area contributed by atoms with Gasteiger partial charge < -0.3 is 4.74 Å². The number of ether oxygens (including phenoxy) is 1. The van der Waals surface area contributed by atoms with Gasteiger partial charge in [0.1, 0.15) is 12.4 Å². The molecule has 6 heteroatoms. The standard InChI is InChI=1S/C27H27BrN2O2S/c1-17(2)29-27-30(18(3)4)26(31)25(33-27)15-21-14-22(28)12-13-24(21)32-16-20-10-7-9-19-8-5-6-11-23(19)20/h5-15,17-18H,16H2,1-4H3/b25-15+,29-27?. The van der Waals surface area contributed by atoms with Crippen molar-refractivity contribution in [3.05, 3.63) is 81.2 Å². The molecule has 0 N–H and O–H groups in total. The van der Waals surface area contributed by atoms with Crippen LogP contribution in [0.15, 0.2) is 75.0 Å². The largest absolute Gasteiger partial charge is 0.488 e. The summed E-state index contributed by atoms with van der Waals surface area (Å²) in [6, 6.07) is 20.6. The third-order valence-corrected chi connectivity index (χ3v) is 6.73. The normalized spacial score (nSPS) is 16.7. The molecule has 3 aromatic rings. The monoisotopic (exact) mass is 522 g/mol. The molecule has 0 radical (unpaired) electrons. The Labute approximate surface area is 207 Å². The number of halogens is 1. The molecule has 4 rings (SSSR count). The molecule has 0 spiro atoms. The molecule has 0 saturated carbocycles. The number of hydrogen-bond acceptors (Lipinski definition) is 4. The lowest BCUT2D eigenvalue weighted by Gasteiger charge is -2.20. The number of amides is 1. The number of carbonyl (C=O) groups excluding carboxylic acids is 1. The molecule has 3 aromatic carbocycles. The minimum absolute atomic E-state index is 0.0191. The van der Waals surface area contributed by atoms with Gasteiger partial charge in [0.2, 0.25) is 0 Å². The number of thioether (sulfide) groups is 1. The quantitative estimate of drug-likeness (QED) is 0.319. The summed E-state index contributed by atoms with van der Waals surface area (Å²) in [6.07, 6.45) is 1.91. The fourth-order valence-electron chi connectivity index (χ4n) is 3.73. The van der Waals surface area contributed by atoms with E-state index in [4.69, 9.17) is 4.74 Å². The molecule has 33 heavy (non-hydrogen) atoms. The average Bonchev–Trinajstić information content (AvgIpc) is 3.07. The van der Waals surface area contributed by atoms with Crippen molar-refractivity contribution in [1.82, 2.24) is 4.90 Å². The van der Waals surface area contributed by atoms with Gasteiger partial charge in [-0.3, -0.25) is 14.7 Å². The first-order valence-corrected chi connectivity index (χ1v) is 12.6. The van der Waals surface area contributed by atoms with Crippen molar-refractivity contribution < 1.29 is 9.53 Å². The van der Waals surface area contributed by atoms with Crippen molar-refractivity contribution in [1.29, 1.82) is 0 Å². The minimum atomic E-state index is -0.0191. The van der Waals surface area contributed by atoms with Crippen molar-refractivity contribution in [3.63, 3.8) is 0 Å². The zero-order chi connectivity index (χ0) is 23.5. The van der Waals surface area contributed by atoms with Gasteiger partial charge in [-0.1, -0.05) is 58.4 Å². The zero-order valence-electron chi connectivity index (χ0n) is 19.2. The first-order valence-electron chi connectivity index (χ1n) is 11.0. The van der Waals surface area contributed by atoms with E-state index in [1.807, 2.05) is 64.1 Å². The smallest absolute Gasteiger partial charge is 0.266 e. The van der Waals surface area contributed by atoms with Crippen LogP contribution in [0.25, 0.3) is 16.8 Å². The zero-order valence-corrected chi connectivity index (χ0v) is 21.6. The van der Waals surface area contributed by atoms with E-state index < -0.39 is 0 Å². The molecule has 0 aliphatic carbocycles. The second-order valence-corrected chi connectivity index (χ2v) is 10.4. The van der Waals surface area contributed by atoms with Crippen molar-refractivity contribution in [2.75, 3.05) is 0 Å². The molecule has 4 nitrogen and oxygen atoms in total. The Bertz CT molecular complexity index is 1240. The van der Waals surface area contributed by atoms with Gasteiger partial charge in [-0.2, -0.15) is 0 Å². The number of fused-ring (bicyclic) bond motifs is 1. The van der Waals surface area contributed by atoms with Gasteiger partial charge in [-0.15, -0.1) is 0 Å². The number of aliphatic imine (C=N–C) groups is 1. The van der Waals surface area contributed by atoms with Crippen LogP contribution < -0.4 is 4.74 Å². The highest BCUT2D eigenvalue weighted by atomic mass is 79.9. The van der Waals surface area contributed by atoms with E-state index >= 15 is 0 Å². The highest BCUT2D eigenvalue weighted by Crippen LogP contribution is 2.36. The summed E-state index contributed by atoms with van der Waals surface area (Å²) in [5, 5.41) is 3.13. The van der Waals surface area contributed by atoms with E-state index in [1.54, 1.807) is 4.90 Å². The van der Waals surface area contributed by atoms with Crippen LogP contribution in [0.2, 0.25) is 0 Å². The highest BCUT2D eigenvalue weighted by molar-refractivity contribution is 9.10. The number of benzene rings is 3. The van der Waals surface area contributed by atoms with Crippen molar-refractivity contribution in [2.24, 2.45) is 4.99 Å². The van der Waals surface area contributed by atoms with Crippen LogP contribution in [0.3, 0.4) is 0 Å². The van der Waals surface area contributed by atoms with Crippen molar-refractivity contribution in [2.45, 2.75) is 46.4 Å². The van der Waals surface area contributed by atoms with Gasteiger partial charge in [0.25, 0.3) is 5.91 Å². The summed E-state index contributed by atoms with van der Waals surface area (Å²) in [5.41, 5.74) is 1.98. The Morgan fingerprint density at radius 2 is 1.82 bits per heavy atom. The number of hydrogen-bond donors (Lipinski definition) is 0.